The molecule has 1 aliphatic heterocycles. The SMILES string of the molecule is CCCN1C(=O)OCC1(C)CN. The Morgan fingerprint density at radius 3 is 2.92 bits per heavy atom. The van der Waals surface area contributed by atoms with Crippen LogP contribution >= 0.6 is 0 Å². The van der Waals surface area contributed by atoms with Gasteiger partial charge in [-0.3, -0.25) is 4.90 Å². The molecule has 0 spiro atoms. The summed E-state index contributed by atoms with van der Waals surface area (Å²) in [7, 11) is 0. The summed E-state index contributed by atoms with van der Waals surface area (Å²) in [6.07, 6.45) is 0.704. The molecule has 0 aromatic rings. The van der Waals surface area contributed by atoms with E-state index in [-0.39, 0.29) is 11.6 Å². The number of amides is 1. The quantitative estimate of drug-likeness (QED) is 0.677. The van der Waals surface area contributed by atoms with Gasteiger partial charge in [0.2, 0.25) is 0 Å². The minimum absolute atomic E-state index is 0.232. The molecule has 0 aliphatic carbocycles. The van der Waals surface area contributed by atoms with E-state index in [1.165, 1.54) is 0 Å². The van der Waals surface area contributed by atoms with Crippen LogP contribution in [0, 0.1) is 0 Å². The predicted molar refractivity (Wildman–Crippen MR) is 45.8 cm³/mol. The van der Waals surface area contributed by atoms with E-state index in [9.17, 15) is 4.79 Å². The normalized spacial score (nSPS) is 29.2. The maximum Gasteiger partial charge on any atom is 0.410 e. The summed E-state index contributed by atoms with van der Waals surface area (Å²) in [5, 5.41) is 0. The van der Waals surface area contributed by atoms with Crippen LogP contribution in [0.25, 0.3) is 0 Å². The first-order chi connectivity index (χ1) is 5.64. The first-order valence-electron chi connectivity index (χ1n) is 4.28. The van der Waals surface area contributed by atoms with Crippen LogP contribution in [0.1, 0.15) is 20.3 Å². The summed E-state index contributed by atoms with van der Waals surface area (Å²) in [5.74, 6) is 0. The Morgan fingerprint density at radius 1 is 1.75 bits per heavy atom. The van der Waals surface area contributed by atoms with Gasteiger partial charge < -0.3 is 10.5 Å². The van der Waals surface area contributed by atoms with Crippen molar-refractivity contribution in [1.82, 2.24) is 4.90 Å². The maximum atomic E-state index is 11.2. The second-order valence-electron chi connectivity index (χ2n) is 3.41. The van der Waals surface area contributed by atoms with E-state index < -0.39 is 0 Å². The molecule has 1 heterocycles. The number of hydrogen-bond acceptors (Lipinski definition) is 3. The smallest absolute Gasteiger partial charge is 0.410 e. The Bertz CT molecular complexity index is 184. The second-order valence-corrected chi connectivity index (χ2v) is 3.41. The van der Waals surface area contributed by atoms with Crippen molar-refractivity contribution in [3.8, 4) is 0 Å². The largest absolute Gasteiger partial charge is 0.447 e. The van der Waals surface area contributed by atoms with E-state index in [1.54, 1.807) is 4.90 Å². The van der Waals surface area contributed by atoms with Gasteiger partial charge >= 0.3 is 6.09 Å². The molecular formula is C8H16N2O2. The molecule has 1 rings (SSSR count). The second kappa shape index (κ2) is 3.31. The lowest BCUT2D eigenvalue weighted by Crippen LogP contribution is -2.50. The zero-order valence-electron chi connectivity index (χ0n) is 7.67. The van der Waals surface area contributed by atoms with Crippen molar-refractivity contribution in [3.63, 3.8) is 0 Å². The van der Waals surface area contributed by atoms with Gasteiger partial charge in [-0.15, -0.1) is 0 Å². The molecule has 4 nitrogen and oxygen atoms in total. The van der Waals surface area contributed by atoms with E-state index in [0.717, 1.165) is 13.0 Å². The molecule has 1 aliphatic rings. The van der Waals surface area contributed by atoms with Crippen molar-refractivity contribution in [2.45, 2.75) is 25.8 Å². The van der Waals surface area contributed by atoms with Gasteiger partial charge in [-0.2, -0.15) is 0 Å². The van der Waals surface area contributed by atoms with Gasteiger partial charge in [-0.25, -0.2) is 4.79 Å². The summed E-state index contributed by atoms with van der Waals surface area (Å²) >= 11 is 0. The Morgan fingerprint density at radius 2 is 2.42 bits per heavy atom. The van der Waals surface area contributed by atoms with Crippen LogP contribution in [-0.2, 0) is 4.74 Å². The van der Waals surface area contributed by atoms with Crippen molar-refractivity contribution >= 4 is 6.09 Å². The van der Waals surface area contributed by atoms with Gasteiger partial charge in [-0.1, -0.05) is 6.92 Å². The van der Waals surface area contributed by atoms with Gasteiger partial charge in [0.25, 0.3) is 0 Å². The summed E-state index contributed by atoms with van der Waals surface area (Å²) < 4.78 is 4.93. The van der Waals surface area contributed by atoms with Gasteiger partial charge in [-0.05, 0) is 13.3 Å². The molecule has 0 saturated carbocycles. The van der Waals surface area contributed by atoms with Crippen LogP contribution in [0.15, 0.2) is 0 Å². The maximum absolute atomic E-state index is 11.2. The van der Waals surface area contributed by atoms with E-state index >= 15 is 0 Å². The first-order valence-corrected chi connectivity index (χ1v) is 4.28. The van der Waals surface area contributed by atoms with Gasteiger partial charge in [0.05, 0.1) is 5.54 Å². The third-order valence-electron chi connectivity index (χ3n) is 2.27. The molecule has 0 radical (unpaired) electrons. The average Bonchev–Trinajstić information content (AvgIpc) is 2.34. The minimum Gasteiger partial charge on any atom is -0.447 e. The zero-order valence-corrected chi connectivity index (χ0v) is 7.67. The lowest BCUT2D eigenvalue weighted by atomic mass is 10.0. The summed E-state index contributed by atoms with van der Waals surface area (Å²) in [6, 6.07) is 0. The first kappa shape index (κ1) is 9.32. The molecular weight excluding hydrogens is 156 g/mol. The van der Waals surface area contributed by atoms with Crippen molar-refractivity contribution in [2.24, 2.45) is 5.73 Å². The molecule has 0 aromatic heterocycles. The highest BCUT2D eigenvalue weighted by atomic mass is 16.6. The Balaban J connectivity index is 2.69. The molecule has 1 atom stereocenters. The Hall–Kier alpha value is -0.770. The highest BCUT2D eigenvalue weighted by molar-refractivity contribution is 5.71. The van der Waals surface area contributed by atoms with Crippen molar-refractivity contribution in [3.05, 3.63) is 0 Å². The van der Waals surface area contributed by atoms with Crippen LogP contribution < -0.4 is 5.73 Å². The average molecular weight is 172 g/mol. The molecule has 4 heteroatoms. The van der Waals surface area contributed by atoms with Crippen LogP contribution in [0.3, 0.4) is 0 Å². The number of carbonyl (C=O) groups is 1. The van der Waals surface area contributed by atoms with E-state index in [2.05, 4.69) is 0 Å². The molecule has 0 aromatic carbocycles. The van der Waals surface area contributed by atoms with Crippen molar-refractivity contribution < 1.29 is 9.53 Å². The number of nitrogens with zero attached hydrogens (tertiary/aromatic N) is 1. The standard InChI is InChI=1S/C8H16N2O2/c1-3-4-10-7(11)12-6-8(10,2)5-9/h3-6,9H2,1-2H3. The highest BCUT2D eigenvalue weighted by Crippen LogP contribution is 2.22. The predicted octanol–water partition coefficient (Wildman–Crippen LogP) is 0.566. The van der Waals surface area contributed by atoms with Crippen LogP contribution in [-0.4, -0.2) is 36.2 Å². The molecule has 1 saturated heterocycles. The third-order valence-corrected chi connectivity index (χ3v) is 2.27. The lowest BCUT2D eigenvalue weighted by molar-refractivity contribution is 0.154. The number of hydrogen-bond donors (Lipinski definition) is 1. The number of cyclic esters (lactones) is 1. The molecule has 70 valence electrons. The molecule has 1 unspecified atom stereocenters. The van der Waals surface area contributed by atoms with Crippen LogP contribution in [0.2, 0.25) is 0 Å². The topological polar surface area (TPSA) is 55.6 Å². The monoisotopic (exact) mass is 172 g/mol. The Kier molecular flexibility index (Phi) is 2.57. The van der Waals surface area contributed by atoms with Gasteiger partial charge in [0.15, 0.2) is 0 Å². The van der Waals surface area contributed by atoms with E-state index in [4.69, 9.17) is 10.5 Å². The minimum atomic E-state index is -0.285. The number of nitrogens with two attached hydrogens (primary N) is 1. The highest BCUT2D eigenvalue weighted by Gasteiger charge is 2.41. The fourth-order valence-corrected chi connectivity index (χ4v) is 1.35. The number of ether oxygens (including phenoxy) is 1. The molecule has 1 fully saturated rings. The molecule has 2 N–H and O–H groups in total. The fourth-order valence-electron chi connectivity index (χ4n) is 1.35. The van der Waals surface area contributed by atoms with E-state index in [1.807, 2.05) is 13.8 Å². The fraction of sp³-hybridized carbons (Fsp3) is 0.875. The van der Waals surface area contributed by atoms with Gasteiger partial charge in [0, 0.05) is 13.1 Å². The van der Waals surface area contributed by atoms with Crippen LogP contribution in [0.5, 0.6) is 0 Å². The summed E-state index contributed by atoms with van der Waals surface area (Å²) in [4.78, 5) is 12.9. The van der Waals surface area contributed by atoms with Crippen molar-refractivity contribution in [2.75, 3.05) is 19.7 Å². The summed E-state index contributed by atoms with van der Waals surface area (Å²) in [6.45, 7) is 5.59. The summed E-state index contributed by atoms with van der Waals surface area (Å²) in [5.41, 5.74) is 5.29. The number of carbonyl (C=O) groups excluding carboxylic acids is 1. The van der Waals surface area contributed by atoms with Gasteiger partial charge in [0.1, 0.15) is 6.61 Å². The number of rotatable bonds is 3. The van der Waals surface area contributed by atoms with Crippen LogP contribution in [0.4, 0.5) is 4.79 Å². The third kappa shape index (κ3) is 1.39. The molecule has 1 amide bonds. The van der Waals surface area contributed by atoms with E-state index in [0.29, 0.717) is 13.2 Å². The Labute approximate surface area is 72.7 Å². The zero-order chi connectivity index (χ0) is 9.19. The lowest BCUT2D eigenvalue weighted by Gasteiger charge is -2.29. The molecule has 12 heavy (non-hydrogen) atoms. The van der Waals surface area contributed by atoms with Crippen molar-refractivity contribution in [1.29, 1.82) is 0 Å². The molecule has 0 bridgehead atoms.